The highest BCUT2D eigenvalue weighted by Crippen LogP contribution is 2.43. The van der Waals surface area contributed by atoms with Gasteiger partial charge in [-0.25, -0.2) is 4.79 Å². The Morgan fingerprint density at radius 1 is 1.26 bits per heavy atom. The predicted octanol–water partition coefficient (Wildman–Crippen LogP) is 2.31. The highest BCUT2D eigenvalue weighted by atomic mass is 16.2. The number of carbonyl (C=O) groups is 2. The summed E-state index contributed by atoms with van der Waals surface area (Å²) in [6.07, 6.45) is 4.13. The first kappa shape index (κ1) is 17.3. The van der Waals surface area contributed by atoms with Crippen LogP contribution in [0.3, 0.4) is 0 Å². The fourth-order valence-corrected chi connectivity index (χ4v) is 3.18. The second kappa shape index (κ2) is 7.49. The zero-order chi connectivity index (χ0) is 16.9. The molecule has 0 unspecified atom stereocenters. The maximum absolute atomic E-state index is 12.5. The smallest absolute Gasteiger partial charge is 0.312 e. The summed E-state index contributed by atoms with van der Waals surface area (Å²) in [5.41, 5.74) is 6.51. The van der Waals surface area contributed by atoms with Crippen molar-refractivity contribution in [3.63, 3.8) is 0 Å². The van der Waals surface area contributed by atoms with Gasteiger partial charge < -0.3 is 16.4 Å². The maximum Gasteiger partial charge on any atom is 0.312 e. The van der Waals surface area contributed by atoms with Crippen molar-refractivity contribution < 1.29 is 9.59 Å². The van der Waals surface area contributed by atoms with E-state index < -0.39 is 12.1 Å². The number of urea groups is 1. The number of rotatable bonds is 7. The fourth-order valence-electron chi connectivity index (χ4n) is 3.18. The van der Waals surface area contributed by atoms with Gasteiger partial charge in [0.25, 0.3) is 0 Å². The molecule has 23 heavy (non-hydrogen) atoms. The summed E-state index contributed by atoms with van der Waals surface area (Å²) in [6.45, 7) is 4.53. The van der Waals surface area contributed by atoms with Gasteiger partial charge in [-0.15, -0.1) is 0 Å². The molecule has 1 aliphatic rings. The Morgan fingerprint density at radius 3 is 2.39 bits per heavy atom. The lowest BCUT2D eigenvalue weighted by atomic mass is 9.64. The molecule has 2 atom stereocenters. The summed E-state index contributed by atoms with van der Waals surface area (Å²) in [5.74, 6) is -0.114. The molecule has 1 fully saturated rings. The number of hydrogen-bond donors (Lipinski definition) is 3. The average molecular weight is 317 g/mol. The third-order valence-electron chi connectivity index (χ3n) is 5.09. The third-order valence-corrected chi connectivity index (χ3v) is 5.09. The minimum Gasteiger partial charge on any atom is -0.353 e. The summed E-state index contributed by atoms with van der Waals surface area (Å²) >= 11 is 0. The van der Waals surface area contributed by atoms with Crippen LogP contribution in [0.1, 0.15) is 45.1 Å². The standard InChI is InChI=1S/C18H27N3O2/c1-3-13(2)15(21-17(19)23)16(22)20-12-18(10-7-11-18)14-8-5-4-6-9-14/h4-6,8-9,13,15H,3,7,10-12H2,1-2H3,(H,20,22)(H3,19,21,23)/t13-,15-/m1/s1. The van der Waals surface area contributed by atoms with Crippen LogP contribution in [0.2, 0.25) is 0 Å². The second-order valence-electron chi connectivity index (χ2n) is 6.59. The van der Waals surface area contributed by atoms with Crippen molar-refractivity contribution in [2.45, 2.75) is 51.0 Å². The minimum atomic E-state index is -0.660. The highest BCUT2D eigenvalue weighted by molar-refractivity contribution is 5.86. The quantitative estimate of drug-likeness (QED) is 0.721. The number of amides is 3. The molecule has 0 bridgehead atoms. The van der Waals surface area contributed by atoms with Gasteiger partial charge in [-0.2, -0.15) is 0 Å². The summed E-state index contributed by atoms with van der Waals surface area (Å²) in [5, 5.41) is 5.60. The number of primary amides is 1. The van der Waals surface area contributed by atoms with Crippen molar-refractivity contribution in [1.29, 1.82) is 0 Å². The van der Waals surface area contributed by atoms with Crippen molar-refractivity contribution in [2.24, 2.45) is 11.7 Å². The van der Waals surface area contributed by atoms with Crippen LogP contribution < -0.4 is 16.4 Å². The van der Waals surface area contributed by atoms with E-state index in [1.54, 1.807) is 0 Å². The molecule has 126 valence electrons. The monoisotopic (exact) mass is 317 g/mol. The lowest BCUT2D eigenvalue weighted by Crippen LogP contribution is -2.54. The van der Waals surface area contributed by atoms with Gasteiger partial charge in [0, 0.05) is 12.0 Å². The molecule has 4 N–H and O–H groups in total. The Balaban J connectivity index is 2.02. The molecule has 1 aromatic carbocycles. The van der Waals surface area contributed by atoms with E-state index in [0.717, 1.165) is 19.3 Å². The Kier molecular flexibility index (Phi) is 5.64. The van der Waals surface area contributed by atoms with E-state index in [9.17, 15) is 9.59 Å². The minimum absolute atomic E-state index is 0.0314. The zero-order valence-electron chi connectivity index (χ0n) is 14.0. The van der Waals surface area contributed by atoms with Crippen LogP contribution in [-0.4, -0.2) is 24.5 Å². The van der Waals surface area contributed by atoms with Gasteiger partial charge >= 0.3 is 6.03 Å². The normalized spacial score (nSPS) is 18.3. The van der Waals surface area contributed by atoms with Crippen molar-refractivity contribution in [1.82, 2.24) is 10.6 Å². The highest BCUT2D eigenvalue weighted by Gasteiger charge is 2.39. The molecule has 5 heteroatoms. The summed E-state index contributed by atoms with van der Waals surface area (Å²) in [4.78, 5) is 23.7. The lowest BCUT2D eigenvalue weighted by Gasteiger charge is -2.43. The van der Waals surface area contributed by atoms with Crippen LogP contribution in [0.5, 0.6) is 0 Å². The Labute approximate surface area is 138 Å². The average Bonchev–Trinajstić information content (AvgIpc) is 2.51. The molecule has 1 aliphatic carbocycles. The topological polar surface area (TPSA) is 84.2 Å². The molecule has 1 saturated carbocycles. The zero-order valence-corrected chi connectivity index (χ0v) is 14.0. The SMILES string of the molecule is CC[C@@H](C)[C@@H](NC(N)=O)C(=O)NCC1(c2ccccc2)CCC1. The Bertz CT molecular complexity index is 540. The predicted molar refractivity (Wildman–Crippen MR) is 90.9 cm³/mol. The number of nitrogens with two attached hydrogens (primary N) is 1. The van der Waals surface area contributed by atoms with Gasteiger partial charge in [0.05, 0.1) is 0 Å². The third kappa shape index (κ3) is 4.03. The first-order valence-corrected chi connectivity index (χ1v) is 8.38. The summed E-state index contributed by atoms with van der Waals surface area (Å²) in [7, 11) is 0. The van der Waals surface area contributed by atoms with E-state index in [1.807, 2.05) is 32.0 Å². The second-order valence-corrected chi connectivity index (χ2v) is 6.59. The van der Waals surface area contributed by atoms with E-state index in [2.05, 4.69) is 22.8 Å². The van der Waals surface area contributed by atoms with Crippen LogP contribution in [0.25, 0.3) is 0 Å². The first-order valence-electron chi connectivity index (χ1n) is 8.38. The van der Waals surface area contributed by atoms with E-state index in [-0.39, 0.29) is 17.2 Å². The van der Waals surface area contributed by atoms with Crippen molar-refractivity contribution >= 4 is 11.9 Å². The molecule has 0 heterocycles. The molecule has 0 aromatic heterocycles. The van der Waals surface area contributed by atoms with Crippen molar-refractivity contribution in [3.8, 4) is 0 Å². The fraction of sp³-hybridized carbons (Fsp3) is 0.556. The molecular weight excluding hydrogens is 290 g/mol. The summed E-state index contributed by atoms with van der Waals surface area (Å²) in [6, 6.07) is 9.08. The number of benzene rings is 1. The van der Waals surface area contributed by atoms with Crippen LogP contribution in [0, 0.1) is 5.92 Å². The van der Waals surface area contributed by atoms with E-state index in [1.165, 1.54) is 12.0 Å². The molecule has 3 amide bonds. The van der Waals surface area contributed by atoms with Gasteiger partial charge in [-0.05, 0) is 24.3 Å². The Hall–Kier alpha value is -2.04. The maximum atomic E-state index is 12.5. The molecule has 2 rings (SSSR count). The molecule has 5 nitrogen and oxygen atoms in total. The van der Waals surface area contributed by atoms with Gasteiger partial charge in [0.1, 0.15) is 6.04 Å². The summed E-state index contributed by atoms with van der Waals surface area (Å²) < 4.78 is 0. The van der Waals surface area contributed by atoms with Crippen LogP contribution in [-0.2, 0) is 10.2 Å². The van der Waals surface area contributed by atoms with Crippen molar-refractivity contribution in [3.05, 3.63) is 35.9 Å². The van der Waals surface area contributed by atoms with Crippen molar-refractivity contribution in [2.75, 3.05) is 6.54 Å². The van der Waals surface area contributed by atoms with Crippen LogP contribution in [0.15, 0.2) is 30.3 Å². The van der Waals surface area contributed by atoms with E-state index in [4.69, 9.17) is 5.73 Å². The molecular formula is C18H27N3O2. The number of nitrogens with one attached hydrogen (secondary N) is 2. The van der Waals surface area contributed by atoms with E-state index in [0.29, 0.717) is 6.54 Å². The number of hydrogen-bond acceptors (Lipinski definition) is 2. The molecule has 1 aromatic rings. The lowest BCUT2D eigenvalue weighted by molar-refractivity contribution is -0.124. The van der Waals surface area contributed by atoms with Gasteiger partial charge in [-0.1, -0.05) is 57.0 Å². The Morgan fingerprint density at radius 2 is 1.91 bits per heavy atom. The van der Waals surface area contributed by atoms with Crippen LogP contribution >= 0.6 is 0 Å². The largest absolute Gasteiger partial charge is 0.353 e. The first-order chi connectivity index (χ1) is 11.0. The number of carbonyl (C=O) groups excluding carboxylic acids is 2. The molecule has 0 radical (unpaired) electrons. The van der Waals surface area contributed by atoms with Gasteiger partial charge in [0.15, 0.2) is 0 Å². The molecule has 0 spiro atoms. The van der Waals surface area contributed by atoms with Gasteiger partial charge in [0.2, 0.25) is 5.91 Å². The van der Waals surface area contributed by atoms with Crippen LogP contribution in [0.4, 0.5) is 4.79 Å². The van der Waals surface area contributed by atoms with E-state index >= 15 is 0 Å². The van der Waals surface area contributed by atoms with Gasteiger partial charge in [-0.3, -0.25) is 4.79 Å². The molecule has 0 aliphatic heterocycles. The molecule has 0 saturated heterocycles.